The van der Waals surface area contributed by atoms with E-state index in [2.05, 4.69) is 0 Å². The van der Waals surface area contributed by atoms with Gasteiger partial charge in [-0.25, -0.2) is 12.8 Å². The van der Waals surface area contributed by atoms with Crippen LogP contribution in [0.4, 0.5) is 4.39 Å². The van der Waals surface area contributed by atoms with Crippen molar-refractivity contribution in [2.24, 2.45) is 0 Å². The Kier molecular flexibility index (Phi) is 3.78. The van der Waals surface area contributed by atoms with Crippen LogP contribution in [0.2, 0.25) is 0 Å². The summed E-state index contributed by atoms with van der Waals surface area (Å²) < 4.78 is 41.1. The van der Waals surface area contributed by atoms with E-state index in [1.807, 2.05) is 0 Å². The first-order valence-corrected chi connectivity index (χ1v) is 7.61. The van der Waals surface area contributed by atoms with Gasteiger partial charge in [0.05, 0.1) is 12.0 Å². The minimum atomic E-state index is -3.85. The average Bonchev–Trinajstić information content (AvgIpc) is 2.37. The Morgan fingerprint density at radius 2 is 1.89 bits per heavy atom. The van der Waals surface area contributed by atoms with E-state index < -0.39 is 14.9 Å². The lowest BCUT2D eigenvalue weighted by Crippen LogP contribution is -1.94. The second-order valence-corrected chi connectivity index (χ2v) is 6.38. The van der Waals surface area contributed by atoms with Crippen molar-refractivity contribution in [3.8, 4) is 16.9 Å². The van der Waals surface area contributed by atoms with Crippen molar-refractivity contribution >= 4 is 19.7 Å². The summed E-state index contributed by atoms with van der Waals surface area (Å²) in [7, 11) is 2.91. The van der Waals surface area contributed by atoms with E-state index in [1.54, 1.807) is 6.07 Å². The minimum absolute atomic E-state index is 0.0609. The monoisotopic (exact) mass is 300 g/mol. The third-order valence-corrected chi connectivity index (χ3v) is 3.94. The molecule has 0 atom stereocenters. The quantitative estimate of drug-likeness (QED) is 0.816. The van der Waals surface area contributed by atoms with Crippen LogP contribution >= 0.6 is 10.7 Å². The molecule has 0 radical (unpaired) electrons. The molecule has 0 bridgehead atoms. The van der Waals surface area contributed by atoms with Gasteiger partial charge in [-0.05, 0) is 35.9 Å². The molecule has 100 valence electrons. The second-order valence-electron chi connectivity index (χ2n) is 3.81. The zero-order valence-electron chi connectivity index (χ0n) is 9.93. The number of methoxy groups -OCH3 is 1. The summed E-state index contributed by atoms with van der Waals surface area (Å²) in [6, 6.07) is 9.97. The zero-order valence-corrected chi connectivity index (χ0v) is 11.5. The van der Waals surface area contributed by atoms with Gasteiger partial charge in [-0.15, -0.1) is 0 Å². The van der Waals surface area contributed by atoms with Gasteiger partial charge in [0, 0.05) is 16.2 Å². The van der Waals surface area contributed by atoms with Gasteiger partial charge in [0.1, 0.15) is 11.6 Å². The van der Waals surface area contributed by atoms with Crippen LogP contribution in [0.25, 0.3) is 11.1 Å². The highest BCUT2D eigenvalue weighted by Crippen LogP contribution is 2.33. The summed E-state index contributed by atoms with van der Waals surface area (Å²) in [6.45, 7) is 0. The summed E-state index contributed by atoms with van der Waals surface area (Å²) in [5.74, 6) is 0.0216. The van der Waals surface area contributed by atoms with Gasteiger partial charge in [-0.1, -0.05) is 12.1 Å². The zero-order chi connectivity index (χ0) is 14.0. The van der Waals surface area contributed by atoms with Crippen molar-refractivity contribution in [3.63, 3.8) is 0 Å². The molecule has 0 aromatic heterocycles. The predicted molar refractivity (Wildman–Crippen MR) is 71.4 cm³/mol. The lowest BCUT2D eigenvalue weighted by Gasteiger charge is -2.10. The Balaban J connectivity index is 2.66. The van der Waals surface area contributed by atoms with Gasteiger partial charge >= 0.3 is 0 Å². The Morgan fingerprint density at radius 3 is 2.47 bits per heavy atom. The van der Waals surface area contributed by atoms with Crippen molar-refractivity contribution in [1.82, 2.24) is 0 Å². The molecule has 0 N–H and O–H groups in total. The fraction of sp³-hybridized carbons (Fsp3) is 0.0769. The van der Waals surface area contributed by atoms with E-state index in [1.165, 1.54) is 43.5 Å². The first-order chi connectivity index (χ1) is 8.91. The Morgan fingerprint density at radius 1 is 1.16 bits per heavy atom. The molecule has 0 aliphatic rings. The standard InChI is InChI=1S/C13H10ClFO3S/c1-18-13-6-5-11(19(14,16)17)8-12(13)9-3-2-4-10(15)7-9/h2-8H,1H3. The Labute approximate surface area is 115 Å². The lowest BCUT2D eigenvalue weighted by molar-refractivity contribution is 0.416. The van der Waals surface area contributed by atoms with Crippen LogP contribution in [0.15, 0.2) is 47.4 Å². The van der Waals surface area contributed by atoms with Crippen molar-refractivity contribution in [2.75, 3.05) is 7.11 Å². The number of ether oxygens (including phenoxy) is 1. The molecular weight excluding hydrogens is 291 g/mol. The molecule has 0 amide bonds. The minimum Gasteiger partial charge on any atom is -0.496 e. The molecule has 0 fully saturated rings. The fourth-order valence-corrected chi connectivity index (χ4v) is 2.50. The molecule has 3 nitrogen and oxygen atoms in total. The van der Waals surface area contributed by atoms with Crippen LogP contribution in [0.5, 0.6) is 5.75 Å². The maximum absolute atomic E-state index is 13.2. The SMILES string of the molecule is COc1ccc(S(=O)(=O)Cl)cc1-c1cccc(F)c1. The smallest absolute Gasteiger partial charge is 0.261 e. The summed E-state index contributed by atoms with van der Waals surface area (Å²) in [6.07, 6.45) is 0. The van der Waals surface area contributed by atoms with E-state index >= 15 is 0 Å². The third-order valence-electron chi connectivity index (χ3n) is 2.59. The number of rotatable bonds is 3. The van der Waals surface area contributed by atoms with E-state index in [-0.39, 0.29) is 4.90 Å². The first-order valence-electron chi connectivity index (χ1n) is 5.30. The third kappa shape index (κ3) is 3.05. The van der Waals surface area contributed by atoms with Gasteiger partial charge < -0.3 is 4.74 Å². The molecule has 2 aromatic carbocycles. The van der Waals surface area contributed by atoms with E-state index in [4.69, 9.17) is 15.4 Å². The molecule has 0 saturated heterocycles. The van der Waals surface area contributed by atoms with Gasteiger partial charge in [-0.3, -0.25) is 0 Å². The number of halogens is 2. The summed E-state index contributed by atoms with van der Waals surface area (Å²) in [5, 5.41) is 0. The van der Waals surface area contributed by atoms with Gasteiger partial charge in [-0.2, -0.15) is 0 Å². The molecule has 0 aliphatic carbocycles. The second kappa shape index (κ2) is 5.19. The lowest BCUT2D eigenvalue weighted by atomic mass is 10.0. The predicted octanol–water partition coefficient (Wildman–Crippen LogP) is 3.43. The van der Waals surface area contributed by atoms with Crippen molar-refractivity contribution in [2.45, 2.75) is 4.90 Å². The van der Waals surface area contributed by atoms with Crippen molar-refractivity contribution in [3.05, 3.63) is 48.3 Å². The fourth-order valence-electron chi connectivity index (χ4n) is 1.72. The number of benzene rings is 2. The van der Waals surface area contributed by atoms with E-state index in [0.29, 0.717) is 16.9 Å². The van der Waals surface area contributed by atoms with Crippen molar-refractivity contribution < 1.29 is 17.5 Å². The highest BCUT2D eigenvalue weighted by Gasteiger charge is 2.14. The van der Waals surface area contributed by atoms with Crippen LogP contribution in [0, 0.1) is 5.82 Å². The highest BCUT2D eigenvalue weighted by atomic mass is 35.7. The Bertz CT molecular complexity index is 714. The molecule has 6 heteroatoms. The van der Waals surface area contributed by atoms with E-state index in [9.17, 15) is 12.8 Å². The van der Waals surface area contributed by atoms with Crippen LogP contribution in [-0.4, -0.2) is 15.5 Å². The van der Waals surface area contributed by atoms with Crippen LogP contribution in [-0.2, 0) is 9.05 Å². The topological polar surface area (TPSA) is 43.4 Å². The molecule has 0 heterocycles. The summed E-state index contributed by atoms with van der Waals surface area (Å²) in [5.41, 5.74) is 0.975. The van der Waals surface area contributed by atoms with Crippen LogP contribution < -0.4 is 4.74 Å². The highest BCUT2D eigenvalue weighted by molar-refractivity contribution is 8.13. The average molecular weight is 301 g/mol. The molecular formula is C13H10ClFO3S. The number of hydrogen-bond donors (Lipinski definition) is 0. The summed E-state index contributed by atoms with van der Waals surface area (Å²) in [4.78, 5) is -0.0609. The maximum Gasteiger partial charge on any atom is 0.261 e. The van der Waals surface area contributed by atoms with Gasteiger partial charge in [0.2, 0.25) is 0 Å². The van der Waals surface area contributed by atoms with Gasteiger partial charge in [0.15, 0.2) is 0 Å². The summed E-state index contributed by atoms with van der Waals surface area (Å²) >= 11 is 0. The Hall–Kier alpha value is -1.59. The van der Waals surface area contributed by atoms with Crippen molar-refractivity contribution in [1.29, 1.82) is 0 Å². The molecule has 0 unspecified atom stereocenters. The maximum atomic E-state index is 13.2. The normalized spacial score (nSPS) is 11.3. The molecule has 2 aromatic rings. The number of hydrogen-bond acceptors (Lipinski definition) is 3. The van der Waals surface area contributed by atoms with Crippen LogP contribution in [0.3, 0.4) is 0 Å². The molecule has 0 spiro atoms. The molecule has 2 rings (SSSR count). The van der Waals surface area contributed by atoms with Gasteiger partial charge in [0.25, 0.3) is 9.05 Å². The first kappa shape index (κ1) is 13.8. The molecule has 19 heavy (non-hydrogen) atoms. The van der Waals surface area contributed by atoms with Crippen LogP contribution in [0.1, 0.15) is 0 Å². The molecule has 0 saturated carbocycles. The van der Waals surface area contributed by atoms with E-state index in [0.717, 1.165) is 0 Å². The molecule has 0 aliphatic heterocycles. The largest absolute Gasteiger partial charge is 0.496 e.